The fourth-order valence-corrected chi connectivity index (χ4v) is 20.3. The summed E-state index contributed by atoms with van der Waals surface area (Å²) in [5.41, 5.74) is 0. The van der Waals surface area contributed by atoms with Crippen molar-refractivity contribution < 1.29 is 45.1 Å². The van der Waals surface area contributed by atoms with Crippen LogP contribution < -0.4 is 20.4 Å². The van der Waals surface area contributed by atoms with Crippen LogP contribution in [0.4, 0.5) is 0 Å². The molecule has 0 heterocycles. The van der Waals surface area contributed by atoms with Gasteiger partial charge in [-0.25, -0.2) is 0 Å². The van der Waals surface area contributed by atoms with Gasteiger partial charge in [-0.1, -0.05) is 387 Å². The van der Waals surface area contributed by atoms with Crippen molar-refractivity contribution in [2.24, 2.45) is 0 Å². The van der Waals surface area contributed by atoms with Crippen LogP contribution >= 0.6 is 0 Å². The molecule has 0 aromatic rings. The van der Waals surface area contributed by atoms with E-state index in [1.807, 2.05) is 0 Å². The van der Waals surface area contributed by atoms with Crippen molar-refractivity contribution in [3.8, 4) is 0 Å². The van der Waals surface area contributed by atoms with Gasteiger partial charge in [0.15, 0.2) is 0 Å². The number of unbranched alkanes of at least 4 members (excludes halogenated alkanes) is 60. The number of aliphatic carboxylic acids is 4. The maximum absolute atomic E-state index is 10.2. The van der Waals surface area contributed by atoms with Gasteiger partial charge in [0.1, 0.15) is 0 Å². The van der Waals surface area contributed by atoms with Crippen LogP contribution in [-0.2, 0) is 24.7 Å². The van der Waals surface area contributed by atoms with Crippen LogP contribution in [-0.4, -0.2) is 66.2 Å². The first-order valence-electron chi connectivity index (χ1n) is 44.1. The number of carboxylic acids is 4. The molecule has 0 rings (SSSR count). The number of carboxylic acid groups (broad SMARTS) is 4. The monoisotopic (exact) mass is 1620 g/mol. The number of hydrogen-bond acceptors (Lipinski definition) is 8. The van der Waals surface area contributed by atoms with Gasteiger partial charge in [0.2, 0.25) is 0 Å². The van der Waals surface area contributed by atoms with E-state index in [0.29, 0.717) is 0 Å². The molecule has 11 heteroatoms. The Morgan fingerprint density at radius 2 is 0.253 bits per heavy atom. The number of carbonyl (C=O) groups excluding carboxylic acids is 4. The Kier molecular flexibility index (Phi) is 128. The van der Waals surface area contributed by atoms with Gasteiger partial charge < -0.3 is 45.1 Å². The minimum Gasteiger partial charge on any atom is -2.00 e. The number of carbonyl (C=O) groups is 4. The first-order valence-corrected chi connectivity index (χ1v) is 52.2. The second-order valence-corrected chi connectivity index (χ2v) is 37.8. The van der Waals surface area contributed by atoms with E-state index >= 15 is 0 Å². The van der Waals surface area contributed by atoms with Crippen molar-refractivity contribution in [1.82, 2.24) is 0 Å². The van der Waals surface area contributed by atoms with Crippen LogP contribution in [0.15, 0.2) is 0 Å². The van der Waals surface area contributed by atoms with E-state index in [1.165, 1.54) is 385 Å². The maximum atomic E-state index is 10.2. The summed E-state index contributed by atoms with van der Waals surface area (Å²) in [6.45, 7) is 18.2. The summed E-state index contributed by atoms with van der Waals surface area (Å²) in [5.74, 6) is -3.61. The molecule has 0 aromatic heterocycles. The molecule has 0 saturated heterocycles. The van der Waals surface area contributed by atoms with E-state index in [-0.39, 0.29) is 73.4 Å². The molecule has 0 amide bonds. The normalized spacial score (nSPS) is 10.6. The zero-order valence-corrected chi connectivity index (χ0v) is 74.1. The predicted molar refractivity (Wildman–Crippen MR) is 429 cm³/mol. The van der Waals surface area contributed by atoms with E-state index in [4.69, 9.17) is 0 Å². The molecular weight excluding hydrogens is 1440 g/mol. The molecule has 0 spiro atoms. The number of rotatable bonds is 76. The average molecular weight is 1620 g/mol. The van der Waals surface area contributed by atoms with Gasteiger partial charge in [-0.15, -0.1) is 0 Å². The first-order chi connectivity index (χ1) is 47.9. The summed E-state index contributed by atoms with van der Waals surface area (Å²) < 4.78 is 6.50. The third kappa shape index (κ3) is 141. The summed E-state index contributed by atoms with van der Waals surface area (Å²) in [6.07, 6.45) is 91.1. The molecule has 99 heavy (non-hydrogen) atoms. The smallest absolute Gasteiger partial charge is 2.00 e. The maximum Gasteiger partial charge on any atom is -2.00 e. The Hall–Kier alpha value is -0.563. The second kappa shape index (κ2) is 113. The molecule has 0 bridgehead atoms. The molecule has 0 unspecified atom stereocenters. The fourth-order valence-electron chi connectivity index (χ4n) is 12.0. The van der Waals surface area contributed by atoms with Gasteiger partial charge in [-0.2, -0.15) is 0 Å². The zero-order valence-electron chi connectivity index (χ0n) is 68.4. The van der Waals surface area contributed by atoms with Crippen molar-refractivity contribution in [3.05, 3.63) is 0 Å². The Morgan fingerprint density at radius 1 is 0.162 bits per heavy atom. The topological polar surface area (TPSA) is 189 Å². The van der Waals surface area contributed by atoms with Crippen LogP contribution in [0.25, 0.3) is 0 Å². The third-order valence-electron chi connectivity index (χ3n) is 18.8. The molecule has 596 valence electrons. The van der Waals surface area contributed by atoms with E-state index in [0.717, 1.165) is 51.4 Å². The molecule has 4 radical (unpaired) electrons. The molecule has 0 fully saturated rings. The quantitative estimate of drug-likeness (QED) is 0.0424. The Labute approximate surface area is 642 Å². The third-order valence-corrected chi connectivity index (χ3v) is 26.8. The summed E-state index contributed by atoms with van der Waals surface area (Å²) in [4.78, 5) is 40.9. The van der Waals surface area contributed by atoms with Crippen molar-refractivity contribution in [2.45, 2.75) is 535 Å². The first kappa shape index (κ1) is 112. The molecule has 0 aliphatic rings. The molecule has 0 aromatic carbocycles. The summed E-state index contributed by atoms with van der Waals surface area (Å²) >= 11 is 0.299. The molecule has 9 nitrogen and oxygen atoms in total. The fraction of sp³-hybridized carbons (Fsp3) is 0.955. The zero-order chi connectivity index (χ0) is 73.5. The van der Waals surface area contributed by atoms with Crippen LogP contribution in [0, 0.1) is 0 Å². The van der Waals surface area contributed by atoms with Gasteiger partial charge in [-0.3, -0.25) is 0 Å². The van der Waals surface area contributed by atoms with Gasteiger partial charge >= 0.3 is 139 Å². The largest absolute Gasteiger partial charge is 2.00 e. The van der Waals surface area contributed by atoms with Gasteiger partial charge in [0, 0.05) is 23.9 Å². The molecular formula is C88H176O9Sn2-6. The van der Waals surface area contributed by atoms with E-state index in [2.05, 4.69) is 55.4 Å². The Bertz CT molecular complexity index is 1200. The Morgan fingerprint density at radius 3 is 0.343 bits per heavy atom. The van der Waals surface area contributed by atoms with E-state index in [9.17, 15) is 39.6 Å². The van der Waals surface area contributed by atoms with Crippen molar-refractivity contribution in [2.75, 3.05) is 0 Å². The molecule has 0 atom stereocenters. The molecule has 0 aliphatic heterocycles. The van der Waals surface area contributed by atoms with E-state index < -0.39 is 23.9 Å². The van der Waals surface area contributed by atoms with Gasteiger partial charge in [0.25, 0.3) is 0 Å². The predicted octanol–water partition coefficient (Wildman–Crippen LogP) is 26.1. The van der Waals surface area contributed by atoms with Gasteiger partial charge in [-0.05, 0) is 51.4 Å². The minimum absolute atomic E-state index is 0. The summed E-state index contributed by atoms with van der Waals surface area (Å²) in [5, 5.41) is 40.9. The van der Waals surface area contributed by atoms with Crippen molar-refractivity contribution >= 4 is 66.2 Å². The SMILES string of the molecule is CCCCCCCCCCCCCCCCCC(=O)[O-].CCCCCCCCCCCCCCCCCC(=O)[O-].CCCCCCCCCCCCCCCCCC(=O)[O-].CCCCCCCCCCCCCCCCCC(=O)[O-].CCC[CH2][Sn][CH2]CCC.CCC[CH2][Sn][CH2]CCC.[O-2]. The molecule has 0 N–H and O–H groups in total. The standard InChI is InChI=1S/4C18H36O2.4C4H9.O.2Sn/c4*1-2-3-4-5-6-7-8-9-10-11-12-13-14-15-16-17-18(19)20;4*1-3-4-2;;;/h4*2-17H2,1H3,(H,19,20);4*1,3-4H2,2H3;;;/q;;;;;;;;-2;;/p-4. The van der Waals surface area contributed by atoms with Crippen LogP contribution in [0.2, 0.25) is 17.7 Å². The van der Waals surface area contributed by atoms with Crippen LogP contribution in [0.1, 0.15) is 518 Å². The van der Waals surface area contributed by atoms with Crippen LogP contribution in [0.3, 0.4) is 0 Å². The van der Waals surface area contributed by atoms with Crippen molar-refractivity contribution in [1.29, 1.82) is 0 Å². The van der Waals surface area contributed by atoms with Crippen molar-refractivity contribution in [3.63, 3.8) is 0 Å². The Balaban J connectivity index is -0.000000210. The molecule has 0 aliphatic carbocycles. The average Bonchev–Trinajstić information content (AvgIpc) is 3.66. The summed E-state index contributed by atoms with van der Waals surface area (Å²) in [6, 6.07) is 0. The minimum atomic E-state index is -0.903. The van der Waals surface area contributed by atoms with Crippen LogP contribution in [0.5, 0.6) is 0 Å². The second-order valence-electron chi connectivity index (χ2n) is 29.2. The van der Waals surface area contributed by atoms with Gasteiger partial charge in [0.05, 0.1) is 0 Å². The van der Waals surface area contributed by atoms with E-state index in [1.54, 1.807) is 17.7 Å². The number of hydrogen-bond donors (Lipinski definition) is 0. The molecule has 0 saturated carbocycles. The summed E-state index contributed by atoms with van der Waals surface area (Å²) in [7, 11) is 0.